The maximum absolute atomic E-state index is 12.0. The number of nitrogens with one attached hydrogen (secondary N) is 1. The molecular formula is C13H14N2O6. The fraction of sp³-hybridized carbons (Fsp3) is 0.308. The number of hydrogen-bond donors (Lipinski definition) is 2. The number of carboxylic acid groups (broad SMARTS) is 1. The van der Waals surface area contributed by atoms with Crippen molar-refractivity contribution >= 4 is 23.3 Å². The van der Waals surface area contributed by atoms with E-state index >= 15 is 0 Å². The van der Waals surface area contributed by atoms with Gasteiger partial charge in [0.2, 0.25) is 6.10 Å². The summed E-state index contributed by atoms with van der Waals surface area (Å²) < 4.78 is 10.2. The lowest BCUT2D eigenvalue weighted by molar-refractivity contribution is -0.129. The molecule has 0 radical (unpaired) electrons. The zero-order valence-corrected chi connectivity index (χ0v) is 11.5. The molecule has 0 saturated heterocycles. The molecule has 0 bridgehead atoms. The third-order valence-electron chi connectivity index (χ3n) is 2.83. The second-order valence-electron chi connectivity index (χ2n) is 4.23. The minimum atomic E-state index is -1.20. The first kappa shape index (κ1) is 14.6. The molecule has 1 aromatic rings. The Hall–Kier alpha value is -2.77. The van der Waals surface area contributed by atoms with Gasteiger partial charge in [0.05, 0.1) is 14.2 Å². The van der Waals surface area contributed by atoms with Gasteiger partial charge in [-0.3, -0.25) is 4.79 Å². The summed E-state index contributed by atoms with van der Waals surface area (Å²) in [4.78, 5) is 27.5. The monoisotopic (exact) mass is 294 g/mol. The van der Waals surface area contributed by atoms with E-state index in [1.54, 1.807) is 18.2 Å². The van der Waals surface area contributed by atoms with Crippen molar-refractivity contribution in [2.75, 3.05) is 19.5 Å². The molecule has 2 N–H and O–H groups in total. The third kappa shape index (κ3) is 3.41. The van der Waals surface area contributed by atoms with Gasteiger partial charge >= 0.3 is 5.97 Å². The van der Waals surface area contributed by atoms with E-state index in [-0.39, 0.29) is 12.1 Å². The first-order chi connectivity index (χ1) is 10.0. The summed E-state index contributed by atoms with van der Waals surface area (Å²) in [7, 11) is 2.99. The number of hydrogen-bond acceptors (Lipinski definition) is 6. The molecular weight excluding hydrogens is 280 g/mol. The summed E-state index contributed by atoms with van der Waals surface area (Å²) in [6.45, 7) is 0. The van der Waals surface area contributed by atoms with Crippen molar-refractivity contribution in [3.05, 3.63) is 18.2 Å². The Balaban J connectivity index is 2.05. The standard InChI is InChI=1S/C13H14N2O6/c1-19-8-3-7(4-9(5-8)20-2)14-12(16)11-6-10(13(17)18)15-21-11/h3-5,11H,6H2,1-2H3,(H,14,16)(H,17,18). The highest BCUT2D eigenvalue weighted by Gasteiger charge is 2.31. The van der Waals surface area contributed by atoms with E-state index in [1.807, 2.05) is 0 Å². The number of carbonyl (C=O) groups is 2. The molecule has 1 aliphatic heterocycles. The number of rotatable bonds is 5. The van der Waals surface area contributed by atoms with Crippen LogP contribution in [0.5, 0.6) is 11.5 Å². The number of carboxylic acids is 1. The average molecular weight is 294 g/mol. The largest absolute Gasteiger partial charge is 0.497 e. The van der Waals surface area contributed by atoms with Crippen molar-refractivity contribution in [1.29, 1.82) is 0 Å². The molecule has 0 spiro atoms. The smallest absolute Gasteiger partial charge is 0.353 e. The lowest BCUT2D eigenvalue weighted by Gasteiger charge is -2.12. The van der Waals surface area contributed by atoms with E-state index in [2.05, 4.69) is 10.5 Å². The highest BCUT2D eigenvalue weighted by molar-refractivity contribution is 6.36. The molecule has 2 rings (SSSR count). The molecule has 0 fully saturated rings. The third-order valence-corrected chi connectivity index (χ3v) is 2.83. The molecule has 1 unspecified atom stereocenters. The van der Waals surface area contributed by atoms with Gasteiger partial charge in [-0.05, 0) is 0 Å². The number of anilines is 1. The molecule has 1 atom stereocenters. The van der Waals surface area contributed by atoms with Gasteiger partial charge in [0.15, 0.2) is 5.71 Å². The van der Waals surface area contributed by atoms with Crippen molar-refractivity contribution in [3.63, 3.8) is 0 Å². The van der Waals surface area contributed by atoms with Crippen LogP contribution in [-0.2, 0) is 14.4 Å². The first-order valence-corrected chi connectivity index (χ1v) is 6.03. The molecule has 0 aliphatic carbocycles. The average Bonchev–Trinajstić information content (AvgIpc) is 2.97. The van der Waals surface area contributed by atoms with E-state index < -0.39 is 18.0 Å². The lowest BCUT2D eigenvalue weighted by atomic mass is 10.1. The van der Waals surface area contributed by atoms with Gasteiger partial charge in [-0.25, -0.2) is 4.79 Å². The van der Waals surface area contributed by atoms with Gasteiger partial charge in [0.25, 0.3) is 5.91 Å². The molecule has 0 aromatic heterocycles. The summed E-state index contributed by atoms with van der Waals surface area (Å²) in [6, 6.07) is 4.87. The van der Waals surface area contributed by atoms with Crippen LogP contribution in [0.25, 0.3) is 0 Å². The van der Waals surface area contributed by atoms with Crippen LogP contribution >= 0.6 is 0 Å². The van der Waals surface area contributed by atoms with Crippen LogP contribution in [0, 0.1) is 0 Å². The van der Waals surface area contributed by atoms with E-state index in [1.165, 1.54) is 14.2 Å². The van der Waals surface area contributed by atoms with Crippen LogP contribution in [0.15, 0.2) is 23.4 Å². The quantitative estimate of drug-likeness (QED) is 0.834. The first-order valence-electron chi connectivity index (χ1n) is 6.03. The Morgan fingerprint density at radius 2 is 1.90 bits per heavy atom. The predicted octanol–water partition coefficient (Wildman–Crippen LogP) is 0.872. The number of aliphatic carboxylic acids is 1. The van der Waals surface area contributed by atoms with Crippen molar-refractivity contribution in [3.8, 4) is 11.5 Å². The predicted molar refractivity (Wildman–Crippen MR) is 72.7 cm³/mol. The summed E-state index contributed by atoms with van der Waals surface area (Å²) in [5.74, 6) is -0.669. The fourth-order valence-corrected chi connectivity index (χ4v) is 1.75. The van der Waals surface area contributed by atoms with E-state index in [4.69, 9.17) is 19.4 Å². The molecule has 1 amide bonds. The molecule has 1 heterocycles. The number of benzene rings is 1. The summed E-state index contributed by atoms with van der Waals surface area (Å²) in [6.07, 6.45) is -1.05. The molecule has 112 valence electrons. The van der Waals surface area contributed by atoms with Crippen LogP contribution in [0.2, 0.25) is 0 Å². The molecule has 8 nitrogen and oxygen atoms in total. The Morgan fingerprint density at radius 3 is 2.38 bits per heavy atom. The number of nitrogens with zero attached hydrogens (tertiary/aromatic N) is 1. The van der Waals surface area contributed by atoms with Crippen LogP contribution in [0.1, 0.15) is 6.42 Å². The van der Waals surface area contributed by atoms with Gasteiger partial charge < -0.3 is 24.7 Å². The van der Waals surface area contributed by atoms with Gasteiger partial charge in [0, 0.05) is 30.3 Å². The van der Waals surface area contributed by atoms with E-state index in [9.17, 15) is 9.59 Å². The number of ether oxygens (including phenoxy) is 2. The Kier molecular flexibility index (Phi) is 4.27. The molecule has 1 aliphatic rings. The highest BCUT2D eigenvalue weighted by atomic mass is 16.6. The Labute approximate surface area is 120 Å². The normalized spacial score (nSPS) is 16.7. The maximum atomic E-state index is 12.0. The SMILES string of the molecule is COc1cc(NC(=O)C2CC(C(=O)O)=NO2)cc(OC)c1. The van der Waals surface area contributed by atoms with Gasteiger partial charge in [-0.1, -0.05) is 5.16 Å². The zero-order valence-electron chi connectivity index (χ0n) is 11.5. The molecule has 8 heteroatoms. The van der Waals surface area contributed by atoms with Crippen LogP contribution < -0.4 is 14.8 Å². The van der Waals surface area contributed by atoms with E-state index in [0.717, 1.165) is 0 Å². The van der Waals surface area contributed by atoms with Gasteiger partial charge in [0.1, 0.15) is 11.5 Å². The van der Waals surface area contributed by atoms with Crippen molar-refractivity contribution in [2.24, 2.45) is 5.16 Å². The topological polar surface area (TPSA) is 106 Å². The van der Waals surface area contributed by atoms with E-state index in [0.29, 0.717) is 17.2 Å². The maximum Gasteiger partial charge on any atom is 0.353 e. The molecule has 21 heavy (non-hydrogen) atoms. The van der Waals surface area contributed by atoms with Crippen molar-refractivity contribution in [1.82, 2.24) is 0 Å². The van der Waals surface area contributed by atoms with Gasteiger partial charge in [-0.2, -0.15) is 0 Å². The summed E-state index contributed by atoms with van der Waals surface area (Å²) >= 11 is 0. The lowest BCUT2D eigenvalue weighted by Crippen LogP contribution is -2.28. The Bertz CT molecular complexity index is 576. The molecule has 1 aromatic carbocycles. The van der Waals surface area contributed by atoms with Gasteiger partial charge in [-0.15, -0.1) is 0 Å². The number of oxime groups is 1. The summed E-state index contributed by atoms with van der Waals surface area (Å²) in [5.41, 5.74) is 0.266. The minimum Gasteiger partial charge on any atom is -0.497 e. The zero-order chi connectivity index (χ0) is 15.4. The van der Waals surface area contributed by atoms with Crippen LogP contribution in [0.4, 0.5) is 5.69 Å². The van der Waals surface area contributed by atoms with Crippen molar-refractivity contribution < 1.29 is 29.0 Å². The number of amides is 1. The number of methoxy groups -OCH3 is 2. The second kappa shape index (κ2) is 6.12. The van der Waals surface area contributed by atoms with Crippen LogP contribution in [-0.4, -0.2) is 43.0 Å². The number of carbonyl (C=O) groups excluding carboxylic acids is 1. The Morgan fingerprint density at radius 1 is 1.29 bits per heavy atom. The molecule has 0 saturated carbocycles. The second-order valence-corrected chi connectivity index (χ2v) is 4.23. The summed E-state index contributed by atoms with van der Waals surface area (Å²) in [5, 5.41) is 14.7. The van der Waals surface area contributed by atoms with Crippen LogP contribution in [0.3, 0.4) is 0 Å². The minimum absolute atomic E-state index is 0.0811. The fourth-order valence-electron chi connectivity index (χ4n) is 1.75. The highest BCUT2D eigenvalue weighted by Crippen LogP contribution is 2.26. The van der Waals surface area contributed by atoms with Crippen molar-refractivity contribution in [2.45, 2.75) is 12.5 Å².